The van der Waals surface area contributed by atoms with Gasteiger partial charge in [0.15, 0.2) is 17.3 Å². The Labute approximate surface area is 184 Å². The Morgan fingerprint density at radius 2 is 1.81 bits per heavy atom. The van der Waals surface area contributed by atoms with Crippen LogP contribution in [0.15, 0.2) is 36.4 Å². The summed E-state index contributed by atoms with van der Waals surface area (Å²) in [4.78, 5) is 16.3. The van der Waals surface area contributed by atoms with Crippen LogP contribution >= 0.6 is 0 Å². The van der Waals surface area contributed by atoms with Crippen LogP contribution in [-0.2, 0) is 20.7 Å². The van der Waals surface area contributed by atoms with E-state index in [1.54, 1.807) is 23.7 Å². The molecule has 0 unspecified atom stereocenters. The molecular formula is C22H25FN6O3. The summed E-state index contributed by atoms with van der Waals surface area (Å²) in [5.74, 6) is 0.597. The summed E-state index contributed by atoms with van der Waals surface area (Å²) in [5.41, 5.74) is 1.28. The lowest BCUT2D eigenvalue weighted by atomic mass is 10.0. The number of anilines is 2. The van der Waals surface area contributed by atoms with Crippen LogP contribution in [0.4, 0.5) is 15.9 Å². The first kappa shape index (κ1) is 20.8. The molecule has 1 spiro atoms. The number of ether oxygens (including phenoxy) is 2. The molecule has 0 radical (unpaired) electrons. The zero-order valence-corrected chi connectivity index (χ0v) is 17.9. The Morgan fingerprint density at radius 1 is 1.09 bits per heavy atom. The van der Waals surface area contributed by atoms with Gasteiger partial charge in [0.1, 0.15) is 11.6 Å². The Balaban J connectivity index is 1.26. The van der Waals surface area contributed by atoms with Crippen molar-refractivity contribution >= 4 is 23.1 Å². The molecule has 10 heteroatoms. The fraction of sp³-hybridized carbons (Fsp3) is 0.455. The number of halogens is 1. The van der Waals surface area contributed by atoms with Crippen molar-refractivity contribution < 1.29 is 18.7 Å². The molecule has 2 saturated heterocycles. The fourth-order valence-electron chi connectivity index (χ4n) is 4.21. The van der Waals surface area contributed by atoms with Crippen molar-refractivity contribution in [3.05, 3.63) is 48.0 Å². The van der Waals surface area contributed by atoms with Crippen molar-refractivity contribution in [1.29, 1.82) is 0 Å². The topological polar surface area (TPSA) is 85.1 Å². The molecule has 0 aliphatic carbocycles. The molecule has 3 aromatic rings. The van der Waals surface area contributed by atoms with Crippen molar-refractivity contribution in [2.75, 3.05) is 43.2 Å². The van der Waals surface area contributed by atoms with E-state index < -0.39 is 5.79 Å². The standard InChI is InChI=1S/C22H25FN6O3/c1-27(17-4-2-16(23)3-5-17)21(30)9-8-19-25-24-18-6-7-20(26-29(18)19)28-12-10-22(11-13-28)31-14-15-32-22/h2-7H,8-15H2,1H3. The number of aromatic nitrogens is 4. The summed E-state index contributed by atoms with van der Waals surface area (Å²) in [6.07, 6.45) is 2.23. The molecule has 0 atom stereocenters. The number of benzene rings is 1. The third-order valence-corrected chi connectivity index (χ3v) is 6.13. The summed E-state index contributed by atoms with van der Waals surface area (Å²) in [7, 11) is 1.68. The number of carbonyl (C=O) groups excluding carboxylic acids is 1. The molecule has 5 rings (SSSR count). The lowest BCUT2D eigenvalue weighted by Gasteiger charge is -2.38. The molecule has 1 amide bonds. The minimum absolute atomic E-state index is 0.0950. The van der Waals surface area contributed by atoms with Crippen LogP contribution in [0.1, 0.15) is 25.1 Å². The van der Waals surface area contributed by atoms with Crippen LogP contribution in [0, 0.1) is 5.82 Å². The molecule has 0 saturated carbocycles. The van der Waals surface area contributed by atoms with E-state index >= 15 is 0 Å². The Morgan fingerprint density at radius 3 is 2.53 bits per heavy atom. The predicted octanol–water partition coefficient (Wildman–Crippen LogP) is 2.20. The summed E-state index contributed by atoms with van der Waals surface area (Å²) < 4.78 is 26.4. The van der Waals surface area contributed by atoms with E-state index in [0.29, 0.717) is 36.8 Å². The third-order valence-electron chi connectivity index (χ3n) is 6.13. The molecule has 0 N–H and O–H groups in total. The number of aryl methyl sites for hydroxylation is 1. The Hall–Kier alpha value is -3.11. The van der Waals surface area contributed by atoms with E-state index in [0.717, 1.165) is 31.7 Å². The molecule has 2 fully saturated rings. The van der Waals surface area contributed by atoms with E-state index in [2.05, 4.69) is 15.1 Å². The largest absolute Gasteiger partial charge is 0.355 e. The average Bonchev–Trinajstić information content (AvgIpc) is 3.44. The monoisotopic (exact) mass is 440 g/mol. The second-order valence-corrected chi connectivity index (χ2v) is 8.10. The molecular weight excluding hydrogens is 415 g/mol. The van der Waals surface area contributed by atoms with Crippen LogP contribution in [0.3, 0.4) is 0 Å². The highest BCUT2D eigenvalue weighted by Crippen LogP contribution is 2.32. The quantitative estimate of drug-likeness (QED) is 0.601. The van der Waals surface area contributed by atoms with Gasteiger partial charge in [-0.2, -0.15) is 4.52 Å². The SMILES string of the molecule is CN(C(=O)CCc1nnc2ccc(N3CCC4(CC3)OCCO4)nn12)c1ccc(F)cc1. The normalized spacial score (nSPS) is 17.9. The Kier molecular flexibility index (Phi) is 5.48. The average molecular weight is 440 g/mol. The fourth-order valence-corrected chi connectivity index (χ4v) is 4.21. The van der Waals surface area contributed by atoms with Gasteiger partial charge in [-0.1, -0.05) is 0 Å². The maximum Gasteiger partial charge on any atom is 0.227 e. The molecule has 9 nitrogen and oxygen atoms in total. The number of rotatable bonds is 5. The molecule has 2 aliphatic heterocycles. The molecule has 168 valence electrons. The van der Waals surface area contributed by atoms with Crippen LogP contribution in [0.5, 0.6) is 0 Å². The highest BCUT2D eigenvalue weighted by molar-refractivity contribution is 5.92. The van der Waals surface area contributed by atoms with Gasteiger partial charge in [-0.15, -0.1) is 15.3 Å². The van der Waals surface area contributed by atoms with Gasteiger partial charge in [-0.25, -0.2) is 4.39 Å². The van der Waals surface area contributed by atoms with Crippen LogP contribution in [0.25, 0.3) is 5.65 Å². The summed E-state index contributed by atoms with van der Waals surface area (Å²) in [6, 6.07) is 9.66. The summed E-state index contributed by atoms with van der Waals surface area (Å²) >= 11 is 0. The number of amides is 1. The lowest BCUT2D eigenvalue weighted by Crippen LogP contribution is -2.45. The second kappa shape index (κ2) is 8.44. The second-order valence-electron chi connectivity index (χ2n) is 8.10. The summed E-state index contributed by atoms with van der Waals surface area (Å²) in [6.45, 7) is 2.89. The third kappa shape index (κ3) is 4.03. The van der Waals surface area contributed by atoms with Gasteiger partial charge < -0.3 is 19.3 Å². The smallest absolute Gasteiger partial charge is 0.227 e. The van der Waals surface area contributed by atoms with Crippen LogP contribution in [-0.4, -0.2) is 64.9 Å². The van der Waals surface area contributed by atoms with Gasteiger partial charge in [-0.3, -0.25) is 4.79 Å². The molecule has 2 aliphatic rings. The van der Waals surface area contributed by atoms with Crippen molar-refractivity contribution in [1.82, 2.24) is 19.8 Å². The molecule has 0 bridgehead atoms. The predicted molar refractivity (Wildman–Crippen MR) is 115 cm³/mol. The zero-order valence-electron chi connectivity index (χ0n) is 17.9. The van der Waals surface area contributed by atoms with Gasteiger partial charge in [0.25, 0.3) is 0 Å². The highest BCUT2D eigenvalue weighted by atomic mass is 19.1. The number of hydrogen-bond donors (Lipinski definition) is 0. The molecule has 1 aromatic carbocycles. The minimum Gasteiger partial charge on any atom is -0.355 e. The van der Waals surface area contributed by atoms with Gasteiger partial charge >= 0.3 is 0 Å². The van der Waals surface area contributed by atoms with Crippen molar-refractivity contribution in [3.63, 3.8) is 0 Å². The van der Waals surface area contributed by atoms with Crippen molar-refractivity contribution in [2.24, 2.45) is 0 Å². The van der Waals surface area contributed by atoms with E-state index in [-0.39, 0.29) is 18.1 Å². The zero-order chi connectivity index (χ0) is 22.1. The number of hydrogen-bond acceptors (Lipinski definition) is 7. The van der Waals surface area contributed by atoms with E-state index in [9.17, 15) is 9.18 Å². The first-order valence-electron chi connectivity index (χ1n) is 10.8. The highest BCUT2D eigenvalue weighted by Gasteiger charge is 2.40. The van der Waals surface area contributed by atoms with Crippen LogP contribution in [0.2, 0.25) is 0 Å². The Bertz CT molecular complexity index is 1100. The first-order chi connectivity index (χ1) is 15.5. The first-order valence-corrected chi connectivity index (χ1v) is 10.8. The summed E-state index contributed by atoms with van der Waals surface area (Å²) in [5, 5.41) is 13.1. The van der Waals surface area contributed by atoms with Gasteiger partial charge in [0.2, 0.25) is 5.91 Å². The number of piperidine rings is 1. The van der Waals surface area contributed by atoms with E-state index in [1.807, 2.05) is 12.1 Å². The van der Waals surface area contributed by atoms with E-state index in [4.69, 9.17) is 14.6 Å². The van der Waals surface area contributed by atoms with E-state index in [1.165, 1.54) is 17.0 Å². The van der Waals surface area contributed by atoms with Gasteiger partial charge in [0, 0.05) is 51.5 Å². The molecule has 4 heterocycles. The number of nitrogens with zero attached hydrogens (tertiary/aromatic N) is 6. The number of fused-ring (bicyclic) bond motifs is 1. The minimum atomic E-state index is -0.431. The lowest BCUT2D eigenvalue weighted by molar-refractivity contribution is -0.169. The van der Waals surface area contributed by atoms with Crippen LogP contribution < -0.4 is 9.80 Å². The maximum absolute atomic E-state index is 13.1. The number of carbonyl (C=O) groups is 1. The van der Waals surface area contributed by atoms with Gasteiger partial charge in [-0.05, 0) is 36.4 Å². The maximum atomic E-state index is 13.1. The molecule has 2 aromatic heterocycles. The van der Waals surface area contributed by atoms with Crippen molar-refractivity contribution in [3.8, 4) is 0 Å². The van der Waals surface area contributed by atoms with Gasteiger partial charge in [0.05, 0.1) is 13.2 Å². The van der Waals surface area contributed by atoms with Crippen molar-refractivity contribution in [2.45, 2.75) is 31.5 Å². The molecule has 32 heavy (non-hydrogen) atoms.